The summed E-state index contributed by atoms with van der Waals surface area (Å²) in [5.41, 5.74) is 3.23. The molecule has 32 heavy (non-hydrogen) atoms. The van der Waals surface area contributed by atoms with Crippen LogP contribution in [0.4, 0.5) is 11.4 Å². The van der Waals surface area contributed by atoms with Gasteiger partial charge in [-0.1, -0.05) is 6.07 Å². The number of hydrogen-bond acceptors (Lipinski definition) is 5. The number of aryl methyl sites for hydroxylation is 1. The van der Waals surface area contributed by atoms with Crippen LogP contribution in [0.25, 0.3) is 0 Å². The highest BCUT2D eigenvalue weighted by Gasteiger charge is 2.19. The van der Waals surface area contributed by atoms with Gasteiger partial charge in [-0.15, -0.1) is 11.3 Å². The van der Waals surface area contributed by atoms with Crippen molar-refractivity contribution in [2.45, 2.75) is 6.92 Å². The monoisotopic (exact) mass is 465 g/mol. The maximum Gasteiger partial charge on any atom is 0.265 e. The molecule has 3 amide bonds. The van der Waals surface area contributed by atoms with Gasteiger partial charge < -0.3 is 15.5 Å². The van der Waals surface area contributed by atoms with Crippen molar-refractivity contribution in [3.8, 4) is 0 Å². The van der Waals surface area contributed by atoms with Gasteiger partial charge in [-0.3, -0.25) is 14.4 Å². The topological polar surface area (TPSA) is 78.5 Å². The van der Waals surface area contributed by atoms with Gasteiger partial charge >= 0.3 is 0 Å². The number of amides is 3. The summed E-state index contributed by atoms with van der Waals surface area (Å²) in [5.74, 6) is 1.54. The van der Waals surface area contributed by atoms with Crippen LogP contribution in [0.5, 0.6) is 0 Å². The van der Waals surface area contributed by atoms with E-state index < -0.39 is 0 Å². The first kappa shape index (κ1) is 22.1. The quantitative estimate of drug-likeness (QED) is 0.570. The first-order chi connectivity index (χ1) is 15.5. The summed E-state index contributed by atoms with van der Waals surface area (Å²) in [6.45, 7) is 3.41. The van der Waals surface area contributed by atoms with Gasteiger partial charge in [0.2, 0.25) is 0 Å². The molecule has 6 nitrogen and oxygen atoms in total. The van der Waals surface area contributed by atoms with E-state index in [-0.39, 0.29) is 17.7 Å². The summed E-state index contributed by atoms with van der Waals surface area (Å²) < 4.78 is 0. The van der Waals surface area contributed by atoms with E-state index in [2.05, 4.69) is 10.6 Å². The number of thiophene rings is 1. The molecule has 4 rings (SSSR count). The van der Waals surface area contributed by atoms with Gasteiger partial charge in [0.15, 0.2) is 0 Å². The van der Waals surface area contributed by atoms with Crippen molar-refractivity contribution < 1.29 is 14.4 Å². The highest BCUT2D eigenvalue weighted by molar-refractivity contribution is 7.99. The van der Waals surface area contributed by atoms with E-state index in [0.29, 0.717) is 27.4 Å². The van der Waals surface area contributed by atoms with Crippen molar-refractivity contribution in [3.05, 3.63) is 81.5 Å². The Morgan fingerprint density at radius 3 is 2.25 bits per heavy atom. The Morgan fingerprint density at radius 2 is 1.59 bits per heavy atom. The van der Waals surface area contributed by atoms with Crippen LogP contribution in [0.15, 0.2) is 60.0 Å². The van der Waals surface area contributed by atoms with Crippen molar-refractivity contribution in [3.63, 3.8) is 0 Å². The number of nitrogens with one attached hydrogen (secondary N) is 2. The third-order valence-electron chi connectivity index (χ3n) is 5.17. The molecule has 0 radical (unpaired) electrons. The molecule has 1 aromatic heterocycles. The first-order valence-electron chi connectivity index (χ1n) is 10.3. The second kappa shape index (κ2) is 10.0. The van der Waals surface area contributed by atoms with E-state index >= 15 is 0 Å². The average Bonchev–Trinajstić information content (AvgIpc) is 3.36. The van der Waals surface area contributed by atoms with Crippen LogP contribution < -0.4 is 10.6 Å². The number of nitrogens with zero attached hydrogens (tertiary/aromatic N) is 1. The van der Waals surface area contributed by atoms with Gasteiger partial charge in [-0.2, -0.15) is 11.8 Å². The SMILES string of the molecule is Cc1cc(C(=O)N2CCSCC2)ccc1NC(=O)c1ccc(NC(=O)c2cccs2)cc1. The lowest BCUT2D eigenvalue weighted by Gasteiger charge is -2.26. The van der Waals surface area contributed by atoms with Gasteiger partial charge in [0.25, 0.3) is 17.7 Å². The zero-order chi connectivity index (χ0) is 22.5. The third kappa shape index (κ3) is 5.20. The number of anilines is 2. The highest BCUT2D eigenvalue weighted by Crippen LogP contribution is 2.21. The highest BCUT2D eigenvalue weighted by atomic mass is 32.2. The molecule has 2 heterocycles. The van der Waals surface area contributed by atoms with E-state index in [1.807, 2.05) is 41.1 Å². The number of carbonyl (C=O) groups is 3. The van der Waals surface area contributed by atoms with Crippen LogP contribution >= 0.6 is 23.1 Å². The number of hydrogen-bond donors (Lipinski definition) is 2. The van der Waals surface area contributed by atoms with Crippen molar-refractivity contribution in [1.29, 1.82) is 0 Å². The Labute approximate surface area is 195 Å². The minimum Gasteiger partial charge on any atom is -0.337 e. The van der Waals surface area contributed by atoms with Crippen LogP contribution in [0, 0.1) is 6.92 Å². The largest absolute Gasteiger partial charge is 0.337 e. The molecular formula is C24H23N3O3S2. The number of benzene rings is 2. The molecular weight excluding hydrogens is 442 g/mol. The number of thioether (sulfide) groups is 1. The van der Waals surface area contributed by atoms with Crippen LogP contribution in [0.1, 0.15) is 36.0 Å². The van der Waals surface area contributed by atoms with E-state index in [1.165, 1.54) is 11.3 Å². The van der Waals surface area contributed by atoms with Crippen LogP contribution in [0.2, 0.25) is 0 Å². The predicted molar refractivity (Wildman–Crippen MR) is 131 cm³/mol. The van der Waals surface area contributed by atoms with Crippen LogP contribution in [-0.4, -0.2) is 47.2 Å². The number of carbonyl (C=O) groups excluding carboxylic acids is 3. The lowest BCUT2D eigenvalue weighted by molar-refractivity contribution is 0.0772. The summed E-state index contributed by atoms with van der Waals surface area (Å²) in [4.78, 5) is 40.0. The maximum atomic E-state index is 12.7. The van der Waals surface area contributed by atoms with Gasteiger partial charge in [0.05, 0.1) is 4.88 Å². The smallest absolute Gasteiger partial charge is 0.265 e. The van der Waals surface area contributed by atoms with Gasteiger partial charge in [0, 0.05) is 47.1 Å². The molecule has 0 aliphatic carbocycles. The van der Waals surface area contributed by atoms with Crippen LogP contribution in [0.3, 0.4) is 0 Å². The first-order valence-corrected chi connectivity index (χ1v) is 12.3. The Kier molecular flexibility index (Phi) is 6.92. The molecule has 1 aliphatic rings. The molecule has 1 fully saturated rings. The lowest BCUT2D eigenvalue weighted by atomic mass is 10.1. The Morgan fingerprint density at radius 1 is 0.875 bits per heavy atom. The molecule has 0 unspecified atom stereocenters. The average molecular weight is 466 g/mol. The van der Waals surface area contributed by atoms with Gasteiger partial charge in [-0.25, -0.2) is 0 Å². The van der Waals surface area contributed by atoms with Gasteiger partial charge in [-0.05, 0) is 66.4 Å². The summed E-state index contributed by atoms with van der Waals surface area (Å²) in [6, 6.07) is 15.7. The Balaban J connectivity index is 1.39. The van der Waals surface area contributed by atoms with E-state index in [4.69, 9.17) is 0 Å². The second-order valence-corrected chi connectivity index (χ2v) is 9.57. The minimum absolute atomic E-state index is 0.0338. The molecule has 2 N–H and O–H groups in total. The third-order valence-corrected chi connectivity index (χ3v) is 6.98. The molecule has 3 aromatic rings. The van der Waals surface area contributed by atoms with Crippen molar-refractivity contribution in [2.24, 2.45) is 0 Å². The standard InChI is InChI=1S/C24H23N3O3S2/c1-16-15-18(24(30)27-10-13-31-14-11-27)6-9-20(16)26-22(28)17-4-7-19(8-5-17)25-23(29)21-3-2-12-32-21/h2-9,12,15H,10-11,13-14H2,1H3,(H,25,29)(H,26,28). The molecule has 1 aliphatic heterocycles. The summed E-state index contributed by atoms with van der Waals surface area (Å²) in [7, 11) is 0. The summed E-state index contributed by atoms with van der Waals surface area (Å²) >= 11 is 3.23. The molecule has 164 valence electrons. The fourth-order valence-corrected chi connectivity index (χ4v) is 4.91. The summed E-state index contributed by atoms with van der Waals surface area (Å²) in [5, 5.41) is 7.56. The lowest BCUT2D eigenvalue weighted by Crippen LogP contribution is -2.37. The maximum absolute atomic E-state index is 12.7. The van der Waals surface area contributed by atoms with Crippen molar-refractivity contribution in [2.75, 3.05) is 35.2 Å². The van der Waals surface area contributed by atoms with Gasteiger partial charge in [0.1, 0.15) is 0 Å². The van der Waals surface area contributed by atoms with E-state index in [9.17, 15) is 14.4 Å². The molecule has 0 spiro atoms. The zero-order valence-corrected chi connectivity index (χ0v) is 19.2. The molecule has 0 atom stereocenters. The van der Waals surface area contributed by atoms with Crippen molar-refractivity contribution in [1.82, 2.24) is 4.90 Å². The molecule has 1 saturated heterocycles. The Hall–Kier alpha value is -3.10. The second-order valence-electron chi connectivity index (χ2n) is 7.40. The van der Waals surface area contributed by atoms with Crippen LogP contribution in [-0.2, 0) is 0 Å². The minimum atomic E-state index is -0.253. The Bertz CT molecular complexity index is 1120. The zero-order valence-electron chi connectivity index (χ0n) is 17.6. The van der Waals surface area contributed by atoms with E-state index in [0.717, 1.165) is 30.2 Å². The molecule has 0 saturated carbocycles. The summed E-state index contributed by atoms with van der Waals surface area (Å²) in [6.07, 6.45) is 0. The van der Waals surface area contributed by atoms with E-state index in [1.54, 1.807) is 42.5 Å². The number of rotatable bonds is 5. The molecule has 0 bridgehead atoms. The fourth-order valence-electron chi connectivity index (χ4n) is 3.39. The normalized spacial score (nSPS) is 13.5. The fraction of sp³-hybridized carbons (Fsp3) is 0.208. The molecule has 8 heteroatoms. The molecule has 2 aromatic carbocycles. The predicted octanol–water partition coefficient (Wildman–Crippen LogP) is 4.75. The van der Waals surface area contributed by atoms with Crippen molar-refractivity contribution >= 4 is 52.2 Å².